The van der Waals surface area contributed by atoms with Crippen LogP contribution in [-0.2, 0) is 9.53 Å². The zero-order valence-corrected chi connectivity index (χ0v) is 11.1. The Morgan fingerprint density at radius 3 is 2.74 bits per heavy atom. The van der Waals surface area contributed by atoms with Crippen LogP contribution >= 0.6 is 0 Å². The number of anilines is 1. The number of para-hydroxylation sites is 2. The molecule has 2 rings (SSSR count). The van der Waals surface area contributed by atoms with Gasteiger partial charge in [-0.05, 0) is 25.8 Å². The van der Waals surface area contributed by atoms with Crippen molar-refractivity contribution in [3.05, 3.63) is 35.7 Å². The van der Waals surface area contributed by atoms with Crippen molar-refractivity contribution in [3.63, 3.8) is 0 Å². The molecule has 0 aliphatic carbocycles. The van der Waals surface area contributed by atoms with Crippen LogP contribution in [0.2, 0.25) is 0 Å². The smallest absolute Gasteiger partial charge is 0.309 e. The summed E-state index contributed by atoms with van der Waals surface area (Å²) in [6.07, 6.45) is 1.59. The average molecular weight is 258 g/mol. The van der Waals surface area contributed by atoms with Crippen molar-refractivity contribution in [2.45, 2.75) is 19.8 Å². The van der Waals surface area contributed by atoms with Crippen LogP contribution < -0.4 is 4.90 Å². The number of benzene rings is 1. The van der Waals surface area contributed by atoms with E-state index in [0.29, 0.717) is 12.3 Å². The number of carbonyl (C=O) groups is 1. The lowest BCUT2D eigenvalue weighted by molar-refractivity contribution is -0.148. The molecule has 0 spiro atoms. The Bertz CT molecular complexity index is 485. The van der Waals surface area contributed by atoms with Crippen LogP contribution in [0.15, 0.2) is 24.3 Å². The molecule has 0 saturated carbocycles. The molecular formula is C15H18N2O2. The van der Waals surface area contributed by atoms with E-state index >= 15 is 0 Å². The Morgan fingerprint density at radius 1 is 1.42 bits per heavy atom. The highest BCUT2D eigenvalue weighted by molar-refractivity contribution is 5.74. The van der Waals surface area contributed by atoms with Gasteiger partial charge in [0.25, 0.3) is 0 Å². The summed E-state index contributed by atoms with van der Waals surface area (Å²) in [5, 5.41) is 0. The molecule has 4 nitrogen and oxygen atoms in total. The molecule has 0 atom stereocenters. The largest absolute Gasteiger partial charge is 0.466 e. The summed E-state index contributed by atoms with van der Waals surface area (Å²) < 4.78 is 5.06. The molecular weight excluding hydrogens is 240 g/mol. The number of hydrogen-bond donors (Lipinski definition) is 0. The lowest BCUT2D eigenvalue weighted by Crippen LogP contribution is -2.36. The highest BCUT2D eigenvalue weighted by atomic mass is 16.5. The summed E-state index contributed by atoms with van der Waals surface area (Å²) >= 11 is 0. The van der Waals surface area contributed by atoms with E-state index in [1.165, 1.54) is 0 Å². The van der Waals surface area contributed by atoms with E-state index in [1.54, 1.807) is 0 Å². The molecule has 1 aromatic carbocycles. The molecule has 1 aliphatic rings. The summed E-state index contributed by atoms with van der Waals surface area (Å²) in [4.78, 5) is 17.4. The van der Waals surface area contributed by atoms with E-state index < -0.39 is 0 Å². The van der Waals surface area contributed by atoms with Crippen molar-refractivity contribution < 1.29 is 9.53 Å². The number of rotatable bonds is 3. The maximum Gasteiger partial charge on any atom is 0.309 e. The number of carbonyl (C=O) groups excluding carboxylic acids is 1. The monoisotopic (exact) mass is 258 g/mol. The first-order valence-electron chi connectivity index (χ1n) is 6.64. The summed E-state index contributed by atoms with van der Waals surface area (Å²) in [5.74, 6) is -0.0723. The van der Waals surface area contributed by atoms with Crippen molar-refractivity contribution in [2.24, 2.45) is 5.92 Å². The Kier molecular flexibility index (Phi) is 4.40. The molecule has 1 saturated heterocycles. The molecule has 1 fully saturated rings. The number of ether oxygens (including phenoxy) is 1. The third kappa shape index (κ3) is 3.05. The predicted molar refractivity (Wildman–Crippen MR) is 74.3 cm³/mol. The molecule has 0 amide bonds. The van der Waals surface area contributed by atoms with Gasteiger partial charge in [0.05, 0.1) is 19.1 Å². The van der Waals surface area contributed by atoms with Crippen LogP contribution in [-0.4, -0.2) is 25.7 Å². The minimum atomic E-state index is -0.0828. The van der Waals surface area contributed by atoms with Gasteiger partial charge in [-0.2, -0.15) is 0 Å². The number of nitrogens with zero attached hydrogens (tertiary/aromatic N) is 2. The first-order valence-corrected chi connectivity index (χ1v) is 6.64. The maximum atomic E-state index is 11.7. The van der Waals surface area contributed by atoms with Crippen LogP contribution in [0.25, 0.3) is 4.85 Å². The molecule has 1 aromatic rings. The third-order valence-corrected chi connectivity index (χ3v) is 3.46. The minimum Gasteiger partial charge on any atom is -0.466 e. The van der Waals surface area contributed by atoms with Crippen LogP contribution in [0.1, 0.15) is 19.8 Å². The fraction of sp³-hybridized carbons (Fsp3) is 0.467. The van der Waals surface area contributed by atoms with E-state index in [1.807, 2.05) is 31.2 Å². The van der Waals surface area contributed by atoms with Crippen LogP contribution in [0.5, 0.6) is 0 Å². The lowest BCUT2D eigenvalue weighted by Gasteiger charge is -2.33. The van der Waals surface area contributed by atoms with Gasteiger partial charge in [0, 0.05) is 18.8 Å². The third-order valence-electron chi connectivity index (χ3n) is 3.46. The molecule has 1 heterocycles. The first-order chi connectivity index (χ1) is 9.26. The summed E-state index contributed by atoms with van der Waals surface area (Å²) in [5.41, 5.74) is 1.65. The molecule has 0 bridgehead atoms. The molecule has 0 N–H and O–H groups in total. The van der Waals surface area contributed by atoms with Gasteiger partial charge >= 0.3 is 5.97 Å². The van der Waals surface area contributed by atoms with Crippen LogP contribution in [0.4, 0.5) is 11.4 Å². The van der Waals surface area contributed by atoms with E-state index in [4.69, 9.17) is 11.3 Å². The zero-order valence-electron chi connectivity index (χ0n) is 11.1. The van der Waals surface area contributed by atoms with Gasteiger partial charge in [0.2, 0.25) is 5.69 Å². The van der Waals surface area contributed by atoms with Crippen molar-refractivity contribution in [1.29, 1.82) is 0 Å². The fourth-order valence-electron chi connectivity index (χ4n) is 2.44. The Balaban J connectivity index is 2.00. The minimum absolute atomic E-state index is 0.0105. The number of piperidine rings is 1. The SMILES string of the molecule is [C-]#[N+]c1ccccc1N1CCC(C(=O)OCC)CC1. The predicted octanol–water partition coefficient (Wildman–Crippen LogP) is 3.02. The second-order valence-corrected chi connectivity index (χ2v) is 4.61. The number of hydrogen-bond acceptors (Lipinski definition) is 3. The Labute approximate surface area is 113 Å². The van der Waals surface area contributed by atoms with Crippen molar-refractivity contribution >= 4 is 17.3 Å². The lowest BCUT2D eigenvalue weighted by atomic mass is 9.96. The molecule has 4 heteroatoms. The van der Waals surface area contributed by atoms with Crippen molar-refractivity contribution in [1.82, 2.24) is 0 Å². The van der Waals surface area contributed by atoms with Gasteiger partial charge in [-0.1, -0.05) is 18.2 Å². The van der Waals surface area contributed by atoms with Gasteiger partial charge in [-0.15, -0.1) is 0 Å². The summed E-state index contributed by atoms with van der Waals surface area (Å²) in [6, 6.07) is 7.63. The second-order valence-electron chi connectivity index (χ2n) is 4.61. The van der Waals surface area contributed by atoms with Crippen LogP contribution in [0.3, 0.4) is 0 Å². The van der Waals surface area contributed by atoms with Gasteiger partial charge in [0.1, 0.15) is 0 Å². The fourth-order valence-corrected chi connectivity index (χ4v) is 2.44. The summed E-state index contributed by atoms with van der Waals surface area (Å²) in [7, 11) is 0. The van der Waals surface area contributed by atoms with Gasteiger partial charge in [0.15, 0.2) is 0 Å². The zero-order chi connectivity index (χ0) is 13.7. The van der Waals surface area contributed by atoms with E-state index in [0.717, 1.165) is 31.6 Å². The van der Waals surface area contributed by atoms with E-state index in [9.17, 15) is 4.79 Å². The maximum absolute atomic E-state index is 11.7. The Hall–Kier alpha value is -2.02. The molecule has 19 heavy (non-hydrogen) atoms. The van der Waals surface area contributed by atoms with Gasteiger partial charge in [-0.25, -0.2) is 4.85 Å². The normalized spacial score (nSPS) is 15.9. The van der Waals surface area contributed by atoms with E-state index in [-0.39, 0.29) is 11.9 Å². The molecule has 0 unspecified atom stereocenters. The van der Waals surface area contributed by atoms with Gasteiger partial charge in [-0.3, -0.25) is 4.79 Å². The standard InChI is InChI=1S/C15H18N2O2/c1-3-19-15(18)12-8-10-17(11-9-12)14-7-5-4-6-13(14)16-2/h4-7,12H,3,8-11H2,1H3. The highest BCUT2D eigenvalue weighted by Crippen LogP contribution is 2.31. The van der Waals surface area contributed by atoms with Gasteiger partial charge < -0.3 is 9.64 Å². The van der Waals surface area contributed by atoms with Crippen LogP contribution in [0, 0.1) is 12.5 Å². The molecule has 0 radical (unpaired) electrons. The quantitative estimate of drug-likeness (QED) is 0.617. The summed E-state index contributed by atoms with van der Waals surface area (Å²) in [6.45, 7) is 11.1. The molecule has 1 aliphatic heterocycles. The van der Waals surface area contributed by atoms with Crippen molar-refractivity contribution in [3.8, 4) is 0 Å². The first kappa shape index (κ1) is 13.4. The van der Waals surface area contributed by atoms with Crippen molar-refractivity contribution in [2.75, 3.05) is 24.6 Å². The molecule has 100 valence electrons. The number of esters is 1. The Morgan fingerprint density at radius 2 is 2.11 bits per heavy atom. The topological polar surface area (TPSA) is 33.9 Å². The highest BCUT2D eigenvalue weighted by Gasteiger charge is 2.26. The van der Waals surface area contributed by atoms with E-state index in [2.05, 4.69) is 9.74 Å². The molecule has 0 aromatic heterocycles. The second kappa shape index (κ2) is 6.24. The average Bonchev–Trinajstić information content (AvgIpc) is 2.47.